The predicted octanol–water partition coefficient (Wildman–Crippen LogP) is 2.95. The van der Waals surface area contributed by atoms with E-state index >= 15 is 0 Å². The van der Waals surface area contributed by atoms with Gasteiger partial charge in [0.25, 0.3) is 5.91 Å². The van der Waals surface area contributed by atoms with Crippen LogP contribution in [0, 0.1) is 0 Å². The Morgan fingerprint density at radius 3 is 2.81 bits per heavy atom. The third kappa shape index (κ3) is 4.27. The van der Waals surface area contributed by atoms with Crippen LogP contribution >= 0.6 is 15.9 Å². The highest BCUT2D eigenvalue weighted by Gasteiger charge is 2.42. The van der Waals surface area contributed by atoms with Crippen molar-refractivity contribution in [3.05, 3.63) is 34.8 Å². The first-order valence-corrected chi connectivity index (χ1v) is 10.1. The van der Waals surface area contributed by atoms with E-state index in [2.05, 4.69) is 36.2 Å². The van der Waals surface area contributed by atoms with E-state index in [1.807, 2.05) is 10.2 Å². The maximum atomic E-state index is 13.1. The van der Waals surface area contributed by atoms with Crippen LogP contribution in [-0.4, -0.2) is 58.2 Å². The molecule has 2 aromatic rings. The van der Waals surface area contributed by atoms with Crippen LogP contribution in [0.25, 0.3) is 0 Å². The summed E-state index contributed by atoms with van der Waals surface area (Å²) < 4.78 is 39.1. The summed E-state index contributed by atoms with van der Waals surface area (Å²) >= 11 is 3.31. The number of carbonyl (C=O) groups excluding carboxylic acids is 2. The average Bonchev–Trinajstić information content (AvgIpc) is 3.11. The molecule has 31 heavy (non-hydrogen) atoms. The standard InChI is InChI=1S/C18H17BrF3N7O2/c1-9(18(20,21)22)25-16(30)14-24-7-12-15(27-14)29(11-3-5-28(12)8-11)17(31)26-13-6-10(19)2-4-23-13/h2,4,6-7,9,11H,3,5,8H2,1H3,(H,25,30)(H,23,26,31)/t9-,11?/m1/s1. The number of carbonyl (C=O) groups is 2. The van der Waals surface area contributed by atoms with E-state index in [-0.39, 0.29) is 11.9 Å². The van der Waals surface area contributed by atoms with Crippen molar-refractivity contribution in [3.63, 3.8) is 0 Å². The second-order valence-corrected chi connectivity index (χ2v) is 8.10. The lowest BCUT2D eigenvalue weighted by molar-refractivity contribution is -0.149. The molecule has 2 aromatic heterocycles. The van der Waals surface area contributed by atoms with Gasteiger partial charge in [-0.15, -0.1) is 0 Å². The number of amides is 3. The van der Waals surface area contributed by atoms with Gasteiger partial charge >= 0.3 is 12.2 Å². The zero-order chi connectivity index (χ0) is 22.3. The Labute approximate surface area is 183 Å². The molecule has 0 saturated carbocycles. The Kier molecular flexibility index (Phi) is 5.45. The van der Waals surface area contributed by atoms with Crippen LogP contribution in [0.5, 0.6) is 0 Å². The van der Waals surface area contributed by atoms with Crippen LogP contribution in [0.15, 0.2) is 29.0 Å². The van der Waals surface area contributed by atoms with Crippen LogP contribution < -0.4 is 20.4 Å². The number of halogens is 4. The Morgan fingerprint density at radius 1 is 1.32 bits per heavy atom. The lowest BCUT2D eigenvalue weighted by atomic mass is 10.2. The minimum Gasteiger partial charge on any atom is -0.365 e. The summed E-state index contributed by atoms with van der Waals surface area (Å²) in [5, 5.41) is 4.53. The van der Waals surface area contributed by atoms with Gasteiger partial charge in [0.1, 0.15) is 11.9 Å². The molecule has 164 valence electrons. The number of urea groups is 1. The minimum absolute atomic E-state index is 0.168. The lowest BCUT2D eigenvalue weighted by Crippen LogP contribution is -2.49. The number of pyridine rings is 1. The first-order valence-electron chi connectivity index (χ1n) is 9.35. The second-order valence-electron chi connectivity index (χ2n) is 7.19. The molecule has 2 aliphatic rings. The molecule has 13 heteroatoms. The number of aromatic nitrogens is 3. The Bertz CT molecular complexity index is 1040. The summed E-state index contributed by atoms with van der Waals surface area (Å²) in [7, 11) is 0. The summed E-state index contributed by atoms with van der Waals surface area (Å²) in [5.74, 6) is -1.04. The molecule has 2 atom stereocenters. The van der Waals surface area contributed by atoms with E-state index in [0.717, 1.165) is 11.4 Å². The second kappa shape index (κ2) is 7.94. The number of fused-ring (bicyclic) bond motifs is 4. The Hall–Kier alpha value is -2.96. The molecule has 2 aliphatic heterocycles. The molecular weight excluding hydrogens is 483 g/mol. The van der Waals surface area contributed by atoms with Gasteiger partial charge in [0, 0.05) is 23.8 Å². The highest BCUT2D eigenvalue weighted by molar-refractivity contribution is 9.10. The van der Waals surface area contributed by atoms with Crippen molar-refractivity contribution in [3.8, 4) is 0 Å². The number of hydrogen-bond donors (Lipinski definition) is 2. The van der Waals surface area contributed by atoms with E-state index < -0.39 is 30.0 Å². The monoisotopic (exact) mass is 499 g/mol. The molecule has 4 rings (SSSR count). The van der Waals surface area contributed by atoms with Crippen molar-refractivity contribution in [2.45, 2.75) is 31.6 Å². The fraction of sp³-hybridized carbons (Fsp3) is 0.389. The highest BCUT2D eigenvalue weighted by Crippen LogP contribution is 2.38. The molecule has 1 saturated heterocycles. The van der Waals surface area contributed by atoms with Crippen molar-refractivity contribution >= 4 is 45.2 Å². The van der Waals surface area contributed by atoms with Gasteiger partial charge < -0.3 is 10.2 Å². The molecule has 0 radical (unpaired) electrons. The molecule has 4 heterocycles. The van der Waals surface area contributed by atoms with E-state index in [0.29, 0.717) is 31.0 Å². The normalized spacial score (nSPS) is 18.4. The molecule has 1 unspecified atom stereocenters. The van der Waals surface area contributed by atoms with Crippen molar-refractivity contribution < 1.29 is 22.8 Å². The van der Waals surface area contributed by atoms with Gasteiger partial charge in [-0.3, -0.25) is 15.0 Å². The zero-order valence-corrected chi connectivity index (χ0v) is 17.7. The summed E-state index contributed by atoms with van der Waals surface area (Å²) in [5.41, 5.74) is 0.534. The van der Waals surface area contributed by atoms with Crippen LogP contribution in [0.1, 0.15) is 24.0 Å². The first-order chi connectivity index (χ1) is 14.6. The summed E-state index contributed by atoms with van der Waals surface area (Å²) in [4.78, 5) is 40.9. The smallest absolute Gasteiger partial charge is 0.365 e. The first kappa shape index (κ1) is 21.3. The molecular formula is C18H17BrF3N7O2. The molecule has 0 aromatic carbocycles. The van der Waals surface area contributed by atoms with E-state index in [9.17, 15) is 22.8 Å². The summed E-state index contributed by atoms with van der Waals surface area (Å²) in [6, 6.07) is 0.551. The maximum Gasteiger partial charge on any atom is 0.408 e. The van der Waals surface area contributed by atoms with Gasteiger partial charge in [-0.25, -0.2) is 19.7 Å². The number of hydrogen-bond acceptors (Lipinski definition) is 6. The maximum absolute atomic E-state index is 13.1. The largest absolute Gasteiger partial charge is 0.408 e. The summed E-state index contributed by atoms with van der Waals surface area (Å²) in [6.07, 6.45) is -1.05. The number of nitrogens with one attached hydrogen (secondary N) is 2. The van der Waals surface area contributed by atoms with E-state index in [4.69, 9.17) is 0 Å². The molecule has 9 nitrogen and oxygen atoms in total. The third-order valence-corrected chi connectivity index (χ3v) is 5.56. The molecule has 2 N–H and O–H groups in total. The van der Waals surface area contributed by atoms with Crippen LogP contribution in [0.3, 0.4) is 0 Å². The third-order valence-electron chi connectivity index (χ3n) is 5.06. The van der Waals surface area contributed by atoms with Gasteiger partial charge in [0.15, 0.2) is 5.82 Å². The van der Waals surface area contributed by atoms with E-state index in [1.165, 1.54) is 17.3 Å². The van der Waals surface area contributed by atoms with Crippen molar-refractivity contribution in [2.24, 2.45) is 0 Å². The Balaban J connectivity index is 1.63. The van der Waals surface area contributed by atoms with Gasteiger partial charge in [-0.05, 0) is 25.5 Å². The fourth-order valence-electron chi connectivity index (χ4n) is 3.47. The molecule has 1 fully saturated rings. The predicted molar refractivity (Wildman–Crippen MR) is 109 cm³/mol. The highest BCUT2D eigenvalue weighted by atomic mass is 79.9. The van der Waals surface area contributed by atoms with Gasteiger partial charge in [0.05, 0.1) is 17.9 Å². The van der Waals surface area contributed by atoms with Gasteiger partial charge in [0.2, 0.25) is 5.82 Å². The average molecular weight is 500 g/mol. The zero-order valence-electron chi connectivity index (χ0n) is 16.1. The van der Waals surface area contributed by atoms with Gasteiger partial charge in [-0.1, -0.05) is 15.9 Å². The number of alkyl halides is 3. The topological polar surface area (TPSA) is 103 Å². The van der Waals surface area contributed by atoms with Crippen LogP contribution in [0.2, 0.25) is 0 Å². The number of anilines is 3. The Morgan fingerprint density at radius 2 is 2.10 bits per heavy atom. The molecule has 0 spiro atoms. The number of nitrogens with zero attached hydrogens (tertiary/aromatic N) is 5. The van der Waals surface area contributed by atoms with Crippen LogP contribution in [-0.2, 0) is 0 Å². The minimum atomic E-state index is -4.60. The molecule has 0 aliphatic carbocycles. The van der Waals surface area contributed by atoms with Crippen molar-refractivity contribution in [1.29, 1.82) is 0 Å². The SMILES string of the molecule is C[C@@H](NC(=O)c1ncc2c(n1)N(C(=O)Nc1cc(Br)ccn1)C1CCN2C1)C(F)(F)F. The van der Waals surface area contributed by atoms with E-state index in [1.54, 1.807) is 12.1 Å². The molecule has 2 bridgehead atoms. The van der Waals surface area contributed by atoms with Crippen LogP contribution in [0.4, 0.5) is 35.3 Å². The number of rotatable bonds is 3. The van der Waals surface area contributed by atoms with Crippen molar-refractivity contribution in [1.82, 2.24) is 20.3 Å². The lowest BCUT2D eigenvalue weighted by Gasteiger charge is -2.35. The van der Waals surface area contributed by atoms with Crippen molar-refractivity contribution in [2.75, 3.05) is 28.2 Å². The summed E-state index contributed by atoms with van der Waals surface area (Å²) in [6.45, 7) is 2.05. The fourth-order valence-corrected chi connectivity index (χ4v) is 3.80. The van der Waals surface area contributed by atoms with Gasteiger partial charge in [-0.2, -0.15) is 13.2 Å². The quantitative estimate of drug-likeness (QED) is 0.672. The molecule has 3 amide bonds.